The van der Waals surface area contributed by atoms with E-state index in [9.17, 15) is 9.18 Å². The Morgan fingerprint density at radius 3 is 3.00 bits per heavy atom. The lowest BCUT2D eigenvalue weighted by molar-refractivity contribution is -0.136. The fraction of sp³-hybridized carbons (Fsp3) is 0.143. The number of ether oxygens (including phenoxy) is 1. The molecule has 0 atom stereocenters. The van der Waals surface area contributed by atoms with Crippen LogP contribution in [0.2, 0.25) is 0 Å². The summed E-state index contributed by atoms with van der Waals surface area (Å²) < 4.78 is 18.1. The van der Waals surface area contributed by atoms with Gasteiger partial charge in [0.2, 0.25) is 0 Å². The number of nitrogens with one attached hydrogen (secondary N) is 1. The first-order valence-corrected chi connectivity index (χ1v) is 5.79. The Hall–Kier alpha value is -2.43. The van der Waals surface area contributed by atoms with Crippen molar-refractivity contribution in [1.29, 1.82) is 0 Å². The van der Waals surface area contributed by atoms with E-state index in [0.29, 0.717) is 16.8 Å². The van der Waals surface area contributed by atoms with Gasteiger partial charge in [-0.1, -0.05) is 18.7 Å². The van der Waals surface area contributed by atoms with Crippen LogP contribution in [0.15, 0.2) is 37.0 Å². The van der Waals surface area contributed by atoms with Crippen molar-refractivity contribution in [1.82, 2.24) is 10.2 Å². The molecule has 5 heteroatoms. The molecule has 1 N–H and O–H groups in total. The monoisotopic (exact) mass is 260 g/mol. The molecule has 19 heavy (non-hydrogen) atoms. The van der Waals surface area contributed by atoms with Crippen LogP contribution >= 0.6 is 0 Å². The molecule has 0 unspecified atom stereocenters. The van der Waals surface area contributed by atoms with E-state index >= 15 is 0 Å². The number of rotatable bonds is 4. The number of nitrogens with zero attached hydrogens (tertiary/aromatic N) is 1. The van der Waals surface area contributed by atoms with Gasteiger partial charge in [0.05, 0.1) is 24.1 Å². The summed E-state index contributed by atoms with van der Waals surface area (Å²) in [5, 5.41) is 6.62. The molecule has 0 aliphatic rings. The fourth-order valence-electron chi connectivity index (χ4n) is 1.71. The van der Waals surface area contributed by atoms with E-state index < -0.39 is 5.97 Å². The molecule has 0 radical (unpaired) electrons. The maximum atomic E-state index is 13.2. The lowest BCUT2D eigenvalue weighted by Gasteiger charge is -2.06. The maximum Gasteiger partial charge on any atom is 0.338 e. The van der Waals surface area contributed by atoms with E-state index in [1.165, 1.54) is 18.3 Å². The minimum Gasteiger partial charge on any atom is -0.462 e. The first-order chi connectivity index (χ1) is 9.13. The fourth-order valence-corrected chi connectivity index (χ4v) is 1.71. The van der Waals surface area contributed by atoms with E-state index in [0.717, 1.165) is 0 Å². The largest absolute Gasteiger partial charge is 0.462 e. The summed E-state index contributed by atoms with van der Waals surface area (Å²) in [6, 6.07) is 6.01. The number of halogens is 1. The van der Waals surface area contributed by atoms with Gasteiger partial charge in [-0.2, -0.15) is 5.10 Å². The minimum atomic E-state index is -0.512. The van der Waals surface area contributed by atoms with Crippen molar-refractivity contribution in [2.75, 3.05) is 6.61 Å². The quantitative estimate of drug-likeness (QED) is 0.679. The molecule has 1 aromatic heterocycles. The van der Waals surface area contributed by atoms with Crippen molar-refractivity contribution < 1.29 is 13.9 Å². The van der Waals surface area contributed by atoms with E-state index in [2.05, 4.69) is 16.8 Å². The second-order valence-corrected chi connectivity index (χ2v) is 3.87. The predicted molar refractivity (Wildman–Crippen MR) is 69.6 cm³/mol. The highest BCUT2D eigenvalue weighted by Crippen LogP contribution is 2.27. The van der Waals surface area contributed by atoms with Crippen molar-refractivity contribution in [2.24, 2.45) is 0 Å². The Labute approximate surface area is 109 Å². The summed E-state index contributed by atoms with van der Waals surface area (Å²) in [7, 11) is 0. The maximum absolute atomic E-state index is 13.2. The zero-order chi connectivity index (χ0) is 13.8. The molecule has 98 valence electrons. The molecule has 2 aromatic rings. The van der Waals surface area contributed by atoms with E-state index in [4.69, 9.17) is 4.74 Å². The summed E-state index contributed by atoms with van der Waals surface area (Å²) >= 11 is 0. The molecule has 2 rings (SSSR count). The van der Waals surface area contributed by atoms with Crippen molar-refractivity contribution in [3.63, 3.8) is 0 Å². The molecule has 1 aromatic carbocycles. The Kier molecular flexibility index (Phi) is 3.75. The average molecular weight is 260 g/mol. The van der Waals surface area contributed by atoms with Crippen molar-refractivity contribution in [3.05, 3.63) is 48.4 Å². The third-order valence-corrected chi connectivity index (χ3v) is 2.60. The lowest BCUT2D eigenvalue weighted by Crippen LogP contribution is -2.06. The van der Waals surface area contributed by atoms with Crippen LogP contribution in [0.3, 0.4) is 0 Å². The smallest absolute Gasteiger partial charge is 0.338 e. The Morgan fingerprint density at radius 1 is 1.53 bits per heavy atom. The minimum absolute atomic E-state index is 0.190. The number of esters is 1. The zero-order valence-corrected chi connectivity index (χ0v) is 10.4. The van der Waals surface area contributed by atoms with E-state index in [-0.39, 0.29) is 18.0 Å². The Bertz CT molecular complexity index is 619. The third-order valence-electron chi connectivity index (χ3n) is 2.60. The first kappa shape index (κ1) is 13.0. The van der Waals surface area contributed by atoms with Crippen LogP contribution in [0.1, 0.15) is 12.5 Å². The summed E-state index contributed by atoms with van der Waals surface area (Å²) in [6.07, 6.45) is 1.47. The summed E-state index contributed by atoms with van der Waals surface area (Å²) in [5.74, 6) is -0.874. The van der Waals surface area contributed by atoms with Crippen LogP contribution in [-0.4, -0.2) is 22.8 Å². The molecule has 4 nitrogen and oxygen atoms in total. The molecular weight excluding hydrogens is 247 g/mol. The van der Waals surface area contributed by atoms with Gasteiger partial charge in [-0.05, 0) is 19.1 Å². The predicted octanol–water partition coefficient (Wildman–Crippen LogP) is 2.79. The first-order valence-electron chi connectivity index (χ1n) is 5.79. The third kappa shape index (κ3) is 2.70. The van der Waals surface area contributed by atoms with Gasteiger partial charge in [-0.15, -0.1) is 0 Å². The molecule has 0 saturated heterocycles. The molecule has 0 saturated carbocycles. The standard InChI is InChI=1S/C14H13FN2O2/c1-3-19-14(18)9(2)12-8-16-17-13(12)10-5-4-6-11(15)7-10/h4-8H,2-3H2,1H3,(H,16,17). The molecule has 0 fully saturated rings. The molecule has 0 amide bonds. The van der Waals surface area contributed by atoms with Crippen molar-refractivity contribution in [3.8, 4) is 11.3 Å². The van der Waals surface area contributed by atoms with Crippen molar-refractivity contribution in [2.45, 2.75) is 6.92 Å². The van der Waals surface area contributed by atoms with Gasteiger partial charge < -0.3 is 4.74 Å². The number of H-pyrrole nitrogens is 1. The summed E-state index contributed by atoms with van der Waals surface area (Å²) in [4.78, 5) is 11.7. The normalized spacial score (nSPS) is 10.2. The molecule has 0 bridgehead atoms. The number of hydrogen-bond donors (Lipinski definition) is 1. The van der Waals surface area contributed by atoms with Crippen LogP contribution in [0.5, 0.6) is 0 Å². The highest BCUT2D eigenvalue weighted by atomic mass is 19.1. The van der Waals surface area contributed by atoms with Crippen LogP contribution in [0, 0.1) is 5.82 Å². The highest BCUT2D eigenvalue weighted by Gasteiger charge is 2.17. The number of aromatic amines is 1. The van der Waals surface area contributed by atoms with Gasteiger partial charge in [-0.3, -0.25) is 5.10 Å². The zero-order valence-electron chi connectivity index (χ0n) is 10.4. The molecule has 0 spiro atoms. The highest BCUT2D eigenvalue weighted by molar-refractivity contribution is 6.17. The van der Waals surface area contributed by atoms with Gasteiger partial charge in [0.15, 0.2) is 0 Å². The molecule has 0 aliphatic carbocycles. The van der Waals surface area contributed by atoms with E-state index in [1.807, 2.05) is 0 Å². The lowest BCUT2D eigenvalue weighted by atomic mass is 10.0. The Morgan fingerprint density at radius 2 is 2.32 bits per heavy atom. The van der Waals surface area contributed by atoms with Crippen molar-refractivity contribution >= 4 is 11.5 Å². The topological polar surface area (TPSA) is 55.0 Å². The number of carbonyl (C=O) groups excluding carboxylic acids is 1. The second kappa shape index (κ2) is 5.48. The summed E-state index contributed by atoms with van der Waals surface area (Å²) in [5.41, 5.74) is 1.83. The SMILES string of the molecule is C=C(C(=O)OCC)c1cn[nH]c1-c1cccc(F)c1. The number of benzene rings is 1. The number of hydrogen-bond acceptors (Lipinski definition) is 3. The van der Waals surface area contributed by atoms with Gasteiger partial charge in [-0.25, -0.2) is 9.18 Å². The molecule has 1 heterocycles. The number of aromatic nitrogens is 2. The van der Waals surface area contributed by atoms with Gasteiger partial charge in [0, 0.05) is 11.1 Å². The average Bonchev–Trinajstić information content (AvgIpc) is 2.87. The van der Waals surface area contributed by atoms with Gasteiger partial charge in [0.25, 0.3) is 0 Å². The second-order valence-electron chi connectivity index (χ2n) is 3.87. The Balaban J connectivity index is 2.38. The van der Waals surface area contributed by atoms with E-state index in [1.54, 1.807) is 19.1 Å². The molecule has 0 aliphatic heterocycles. The van der Waals surface area contributed by atoms with Gasteiger partial charge in [0.1, 0.15) is 5.82 Å². The van der Waals surface area contributed by atoms with Crippen LogP contribution in [-0.2, 0) is 9.53 Å². The van der Waals surface area contributed by atoms with Crippen LogP contribution in [0.4, 0.5) is 4.39 Å². The molecular formula is C14H13FN2O2. The van der Waals surface area contributed by atoms with Crippen LogP contribution < -0.4 is 0 Å². The number of carbonyl (C=O) groups is 1. The summed E-state index contributed by atoms with van der Waals surface area (Å²) in [6.45, 7) is 5.68. The van der Waals surface area contributed by atoms with Gasteiger partial charge >= 0.3 is 5.97 Å². The van der Waals surface area contributed by atoms with Crippen LogP contribution in [0.25, 0.3) is 16.8 Å².